The van der Waals surface area contributed by atoms with Gasteiger partial charge in [-0.25, -0.2) is 4.39 Å². The predicted octanol–water partition coefficient (Wildman–Crippen LogP) is 3.18. The Bertz CT molecular complexity index is 692. The van der Waals surface area contributed by atoms with Crippen molar-refractivity contribution in [1.29, 1.82) is 0 Å². The van der Waals surface area contributed by atoms with E-state index in [1.165, 1.54) is 23.5 Å². The number of halogens is 1. The van der Waals surface area contributed by atoms with Gasteiger partial charge in [0.15, 0.2) is 0 Å². The lowest BCUT2D eigenvalue weighted by atomic mass is 10.2. The molecule has 2 rings (SSSR count). The minimum atomic E-state index is -0.382. The number of aliphatic hydroxyl groups excluding tert-OH is 1. The summed E-state index contributed by atoms with van der Waals surface area (Å²) in [7, 11) is 0. The van der Waals surface area contributed by atoms with Gasteiger partial charge in [0.2, 0.25) is 0 Å². The van der Waals surface area contributed by atoms with Gasteiger partial charge in [0.1, 0.15) is 5.82 Å². The number of hydrogen-bond acceptors (Lipinski definition) is 3. The fraction of sp³-hybridized carbons (Fsp3) is 0.188. The van der Waals surface area contributed by atoms with Gasteiger partial charge in [-0.3, -0.25) is 4.79 Å². The smallest absolute Gasteiger partial charge is 0.265 e. The first-order chi connectivity index (χ1) is 10.1. The molecule has 0 fully saturated rings. The molecule has 0 unspecified atom stereocenters. The van der Waals surface area contributed by atoms with E-state index in [1.54, 1.807) is 25.1 Å². The van der Waals surface area contributed by atoms with E-state index in [1.807, 2.05) is 0 Å². The van der Waals surface area contributed by atoms with Crippen molar-refractivity contribution in [3.05, 3.63) is 51.5 Å². The molecule has 2 N–H and O–H groups in total. The highest BCUT2D eigenvalue weighted by molar-refractivity contribution is 7.14. The molecule has 1 aromatic carbocycles. The molecule has 0 aliphatic rings. The van der Waals surface area contributed by atoms with E-state index in [9.17, 15) is 9.18 Å². The average Bonchev–Trinajstić information content (AvgIpc) is 2.86. The maximum absolute atomic E-state index is 13.3. The molecule has 1 heterocycles. The van der Waals surface area contributed by atoms with Crippen molar-refractivity contribution in [2.45, 2.75) is 13.3 Å². The van der Waals surface area contributed by atoms with Gasteiger partial charge in [0, 0.05) is 12.1 Å². The van der Waals surface area contributed by atoms with Crippen LogP contribution in [0.5, 0.6) is 0 Å². The van der Waals surface area contributed by atoms with Crippen molar-refractivity contribution in [3.8, 4) is 11.8 Å². The largest absolute Gasteiger partial charge is 0.395 e. The first-order valence-corrected chi connectivity index (χ1v) is 7.18. The highest BCUT2D eigenvalue weighted by atomic mass is 32.1. The van der Waals surface area contributed by atoms with Gasteiger partial charge >= 0.3 is 0 Å². The summed E-state index contributed by atoms with van der Waals surface area (Å²) in [5.74, 6) is 4.99. The van der Waals surface area contributed by atoms with Crippen LogP contribution in [0.3, 0.4) is 0 Å². The fourth-order valence-corrected chi connectivity index (χ4v) is 2.51. The van der Waals surface area contributed by atoms with Crippen LogP contribution in [0.4, 0.5) is 10.1 Å². The molecule has 3 nitrogen and oxygen atoms in total. The number of rotatable bonds is 3. The number of carbonyl (C=O) groups is 1. The number of amides is 1. The highest BCUT2D eigenvalue weighted by Crippen LogP contribution is 2.19. The second-order valence-corrected chi connectivity index (χ2v) is 5.49. The Morgan fingerprint density at radius 2 is 2.19 bits per heavy atom. The lowest BCUT2D eigenvalue weighted by Crippen LogP contribution is -2.10. The van der Waals surface area contributed by atoms with Crippen molar-refractivity contribution in [2.24, 2.45) is 0 Å². The number of aryl methyl sites for hydroxylation is 1. The Hall–Kier alpha value is -2.16. The number of anilines is 1. The van der Waals surface area contributed by atoms with Gasteiger partial charge < -0.3 is 10.4 Å². The van der Waals surface area contributed by atoms with E-state index in [0.29, 0.717) is 17.0 Å². The summed E-state index contributed by atoms with van der Waals surface area (Å²) in [6.07, 6.45) is 0.405. The SMILES string of the molecule is Cc1cc(F)cc(NC(=O)c2ccc(C#CCCO)s2)c1. The first-order valence-electron chi connectivity index (χ1n) is 6.36. The minimum absolute atomic E-state index is 0.0185. The van der Waals surface area contributed by atoms with Gasteiger partial charge in [-0.05, 0) is 42.8 Å². The molecule has 2 aromatic rings. The molecule has 1 amide bonds. The van der Waals surface area contributed by atoms with Crippen molar-refractivity contribution in [2.75, 3.05) is 11.9 Å². The molecule has 108 valence electrons. The van der Waals surface area contributed by atoms with E-state index < -0.39 is 0 Å². The molecular formula is C16H14FNO2S. The second-order valence-electron chi connectivity index (χ2n) is 4.41. The van der Waals surface area contributed by atoms with Gasteiger partial charge in [-0.2, -0.15) is 0 Å². The van der Waals surface area contributed by atoms with Crippen LogP contribution >= 0.6 is 11.3 Å². The molecule has 0 radical (unpaired) electrons. The third-order valence-corrected chi connectivity index (χ3v) is 3.58. The van der Waals surface area contributed by atoms with Crippen LogP contribution in [0.1, 0.15) is 26.5 Å². The van der Waals surface area contributed by atoms with Crippen LogP contribution in [-0.2, 0) is 0 Å². The van der Waals surface area contributed by atoms with E-state index in [-0.39, 0.29) is 18.3 Å². The van der Waals surface area contributed by atoms with Crippen molar-refractivity contribution in [1.82, 2.24) is 0 Å². The summed E-state index contributed by atoms with van der Waals surface area (Å²) in [6, 6.07) is 7.81. The maximum Gasteiger partial charge on any atom is 0.265 e. The van der Waals surface area contributed by atoms with Crippen molar-refractivity contribution < 1.29 is 14.3 Å². The summed E-state index contributed by atoms with van der Waals surface area (Å²) in [6.45, 7) is 1.78. The number of aliphatic hydroxyl groups is 1. The monoisotopic (exact) mass is 303 g/mol. The number of benzene rings is 1. The Labute approximate surface area is 126 Å². The van der Waals surface area contributed by atoms with Gasteiger partial charge in [-0.15, -0.1) is 11.3 Å². The van der Waals surface area contributed by atoms with Crippen LogP contribution in [0.2, 0.25) is 0 Å². The highest BCUT2D eigenvalue weighted by Gasteiger charge is 2.09. The minimum Gasteiger partial charge on any atom is -0.395 e. The lowest BCUT2D eigenvalue weighted by molar-refractivity contribution is 0.103. The number of carbonyl (C=O) groups excluding carboxylic acids is 1. The molecular weight excluding hydrogens is 289 g/mol. The molecule has 1 aromatic heterocycles. The van der Waals surface area contributed by atoms with Crippen LogP contribution in [0, 0.1) is 24.6 Å². The molecule has 0 aliphatic carbocycles. The molecule has 0 atom stereocenters. The van der Waals surface area contributed by atoms with Gasteiger partial charge in [0.05, 0.1) is 16.4 Å². The molecule has 0 aliphatic heterocycles. The second kappa shape index (κ2) is 7.02. The van der Waals surface area contributed by atoms with Crippen LogP contribution < -0.4 is 5.32 Å². The predicted molar refractivity (Wildman–Crippen MR) is 82.0 cm³/mol. The Balaban J connectivity index is 2.09. The molecule has 0 bridgehead atoms. The summed E-state index contributed by atoms with van der Waals surface area (Å²) >= 11 is 1.26. The van der Waals surface area contributed by atoms with Crippen LogP contribution in [0.25, 0.3) is 0 Å². The zero-order valence-electron chi connectivity index (χ0n) is 11.4. The van der Waals surface area contributed by atoms with Crippen molar-refractivity contribution in [3.63, 3.8) is 0 Å². The van der Waals surface area contributed by atoms with E-state index >= 15 is 0 Å². The third kappa shape index (κ3) is 4.42. The topological polar surface area (TPSA) is 49.3 Å². The summed E-state index contributed by atoms with van der Waals surface area (Å²) in [5.41, 5.74) is 1.17. The molecule has 0 saturated heterocycles. The standard InChI is InChI=1S/C16H14FNO2S/c1-11-8-12(17)10-13(9-11)18-16(20)15-6-5-14(21-15)4-2-3-7-19/h5-6,8-10,19H,3,7H2,1H3,(H,18,20). The molecule has 5 heteroatoms. The quantitative estimate of drug-likeness (QED) is 0.856. The lowest BCUT2D eigenvalue weighted by Gasteiger charge is -2.04. The van der Waals surface area contributed by atoms with Crippen LogP contribution in [0.15, 0.2) is 30.3 Å². The summed E-state index contributed by atoms with van der Waals surface area (Å²) in [4.78, 5) is 13.3. The van der Waals surface area contributed by atoms with E-state index in [2.05, 4.69) is 17.2 Å². The number of hydrogen-bond donors (Lipinski definition) is 2. The fourth-order valence-electron chi connectivity index (χ4n) is 1.73. The normalized spacial score (nSPS) is 9.86. The number of thiophene rings is 1. The van der Waals surface area contributed by atoms with Gasteiger partial charge in [0.25, 0.3) is 5.91 Å². The Morgan fingerprint density at radius 3 is 2.90 bits per heavy atom. The van der Waals surface area contributed by atoms with Crippen LogP contribution in [-0.4, -0.2) is 17.6 Å². The Kier molecular flexibility index (Phi) is 5.09. The van der Waals surface area contributed by atoms with Gasteiger partial charge in [-0.1, -0.05) is 11.8 Å². The zero-order chi connectivity index (χ0) is 15.2. The number of nitrogens with one attached hydrogen (secondary N) is 1. The first kappa shape index (κ1) is 15.2. The molecule has 0 spiro atoms. The van der Waals surface area contributed by atoms with E-state index in [0.717, 1.165) is 10.4 Å². The Morgan fingerprint density at radius 1 is 1.38 bits per heavy atom. The molecule has 0 saturated carbocycles. The zero-order valence-corrected chi connectivity index (χ0v) is 12.3. The average molecular weight is 303 g/mol. The van der Waals surface area contributed by atoms with E-state index in [4.69, 9.17) is 5.11 Å². The van der Waals surface area contributed by atoms with Crippen molar-refractivity contribution >= 4 is 22.9 Å². The maximum atomic E-state index is 13.3. The summed E-state index contributed by atoms with van der Waals surface area (Å²) < 4.78 is 13.3. The third-order valence-electron chi connectivity index (χ3n) is 2.58. The molecule has 21 heavy (non-hydrogen) atoms. The summed E-state index contributed by atoms with van der Waals surface area (Å²) in [5, 5.41) is 11.3.